The molecule has 1 aliphatic rings. The molecule has 0 atom stereocenters. The molecule has 176 valence electrons. The zero-order chi connectivity index (χ0) is 23.5. The summed E-state index contributed by atoms with van der Waals surface area (Å²) in [6, 6.07) is 9.95. The molecule has 3 aromatic rings. The maximum atomic E-state index is 13.1. The van der Waals surface area contributed by atoms with Crippen molar-refractivity contribution in [1.82, 2.24) is 14.3 Å². The summed E-state index contributed by atoms with van der Waals surface area (Å²) >= 11 is 0. The van der Waals surface area contributed by atoms with Gasteiger partial charge in [-0.25, -0.2) is 4.98 Å². The highest BCUT2D eigenvalue weighted by Gasteiger charge is 2.23. The van der Waals surface area contributed by atoms with Gasteiger partial charge in [0.25, 0.3) is 5.56 Å². The van der Waals surface area contributed by atoms with Gasteiger partial charge in [-0.3, -0.25) is 9.20 Å². The van der Waals surface area contributed by atoms with Crippen molar-refractivity contribution >= 4 is 11.3 Å². The lowest BCUT2D eigenvalue weighted by Crippen LogP contribution is -2.45. The molecular formula is C26H34N4O3. The lowest BCUT2D eigenvalue weighted by Gasteiger charge is -2.38. The van der Waals surface area contributed by atoms with E-state index < -0.39 is 0 Å². The standard InChI is InChI=1S/C26H34N4O3/c1-6-28(7-2)20-10-12-29(13-11-20)21-14-18(3)26-27-22(16-25(31)30(26)17-21)19-8-9-23(32-4)24(15-19)33-5/h8-9,14-17,20H,6-7,10-13H2,1-5H3. The summed E-state index contributed by atoms with van der Waals surface area (Å²) in [6.45, 7) is 10.7. The highest BCUT2D eigenvalue weighted by atomic mass is 16.5. The molecule has 0 bridgehead atoms. The summed E-state index contributed by atoms with van der Waals surface area (Å²) < 4.78 is 12.4. The van der Waals surface area contributed by atoms with Crippen molar-refractivity contribution in [2.45, 2.75) is 39.7 Å². The van der Waals surface area contributed by atoms with Gasteiger partial charge in [0.1, 0.15) is 5.65 Å². The van der Waals surface area contributed by atoms with Gasteiger partial charge in [0.15, 0.2) is 11.5 Å². The third-order valence-corrected chi connectivity index (χ3v) is 6.77. The molecule has 2 aromatic heterocycles. The Hall–Kier alpha value is -3.06. The number of benzene rings is 1. The van der Waals surface area contributed by atoms with Crippen molar-refractivity contribution in [1.29, 1.82) is 0 Å². The number of anilines is 1. The van der Waals surface area contributed by atoms with Crippen LogP contribution in [-0.2, 0) is 0 Å². The maximum absolute atomic E-state index is 13.1. The molecule has 33 heavy (non-hydrogen) atoms. The van der Waals surface area contributed by atoms with Crippen LogP contribution in [0.1, 0.15) is 32.3 Å². The zero-order valence-corrected chi connectivity index (χ0v) is 20.3. The van der Waals surface area contributed by atoms with Crippen molar-refractivity contribution in [3.8, 4) is 22.8 Å². The largest absolute Gasteiger partial charge is 0.493 e. The number of aryl methyl sites for hydroxylation is 1. The van der Waals surface area contributed by atoms with Crippen LogP contribution in [0.15, 0.2) is 41.3 Å². The Labute approximate surface area is 195 Å². The molecule has 1 aromatic carbocycles. The van der Waals surface area contributed by atoms with E-state index in [9.17, 15) is 4.79 Å². The predicted molar refractivity (Wildman–Crippen MR) is 133 cm³/mol. The zero-order valence-electron chi connectivity index (χ0n) is 20.3. The molecule has 0 N–H and O–H groups in total. The van der Waals surface area contributed by atoms with E-state index in [-0.39, 0.29) is 5.56 Å². The minimum Gasteiger partial charge on any atom is -0.493 e. The first-order chi connectivity index (χ1) is 16.0. The highest BCUT2D eigenvalue weighted by molar-refractivity contribution is 5.67. The normalized spacial score (nSPS) is 14.8. The van der Waals surface area contributed by atoms with Crippen molar-refractivity contribution in [2.24, 2.45) is 0 Å². The Morgan fingerprint density at radius 1 is 1.03 bits per heavy atom. The van der Waals surface area contributed by atoms with Gasteiger partial charge in [0, 0.05) is 37.0 Å². The van der Waals surface area contributed by atoms with E-state index in [0.29, 0.717) is 28.9 Å². The molecule has 1 fully saturated rings. The molecule has 4 rings (SSSR count). The van der Waals surface area contributed by atoms with Crippen LogP contribution >= 0.6 is 0 Å². The number of rotatable bonds is 7. The fraction of sp³-hybridized carbons (Fsp3) is 0.462. The minimum absolute atomic E-state index is 0.0900. The van der Waals surface area contributed by atoms with Crippen molar-refractivity contribution in [3.63, 3.8) is 0 Å². The van der Waals surface area contributed by atoms with E-state index in [2.05, 4.69) is 29.7 Å². The molecule has 0 amide bonds. The van der Waals surface area contributed by atoms with E-state index >= 15 is 0 Å². The van der Waals surface area contributed by atoms with E-state index in [1.165, 1.54) is 0 Å². The first kappa shape index (κ1) is 23.1. The van der Waals surface area contributed by atoms with E-state index in [1.807, 2.05) is 31.3 Å². The van der Waals surface area contributed by atoms with Crippen molar-refractivity contribution in [3.05, 3.63) is 52.4 Å². The third kappa shape index (κ3) is 4.55. The molecule has 0 aliphatic carbocycles. The van der Waals surface area contributed by atoms with Gasteiger partial charge in [-0.15, -0.1) is 0 Å². The van der Waals surface area contributed by atoms with Gasteiger partial charge in [-0.1, -0.05) is 13.8 Å². The molecular weight excluding hydrogens is 416 g/mol. The summed E-state index contributed by atoms with van der Waals surface area (Å²) in [4.78, 5) is 22.9. The first-order valence-electron chi connectivity index (χ1n) is 11.7. The van der Waals surface area contributed by atoms with Crippen LogP contribution in [0.5, 0.6) is 11.5 Å². The number of hydrogen-bond acceptors (Lipinski definition) is 6. The van der Waals surface area contributed by atoms with Crippen LogP contribution in [0.3, 0.4) is 0 Å². The average molecular weight is 451 g/mol. The minimum atomic E-state index is -0.0900. The smallest absolute Gasteiger partial charge is 0.258 e. The molecule has 3 heterocycles. The lowest BCUT2D eigenvalue weighted by molar-refractivity contribution is 0.186. The Kier molecular flexibility index (Phi) is 6.88. The average Bonchev–Trinajstić information content (AvgIpc) is 2.85. The third-order valence-electron chi connectivity index (χ3n) is 6.77. The Bertz CT molecular complexity index is 1180. The first-order valence-corrected chi connectivity index (χ1v) is 11.7. The van der Waals surface area contributed by atoms with E-state index in [4.69, 9.17) is 14.5 Å². The van der Waals surface area contributed by atoms with Gasteiger partial charge in [0.2, 0.25) is 0 Å². The molecule has 0 spiro atoms. The monoisotopic (exact) mass is 450 g/mol. The van der Waals surface area contributed by atoms with E-state index in [0.717, 1.165) is 55.8 Å². The molecule has 1 saturated heterocycles. The van der Waals surface area contributed by atoms with Gasteiger partial charge in [-0.05, 0) is 62.7 Å². The Balaban J connectivity index is 1.65. The SMILES string of the molecule is CCN(CC)C1CCN(c2cc(C)c3nc(-c4ccc(OC)c(OC)c4)cc(=O)n3c2)CC1. The number of piperidine rings is 1. The van der Waals surface area contributed by atoms with Crippen LogP contribution in [0.25, 0.3) is 16.9 Å². The molecule has 1 aliphatic heterocycles. The number of aromatic nitrogens is 2. The van der Waals surface area contributed by atoms with Crippen LogP contribution in [0.4, 0.5) is 5.69 Å². The van der Waals surface area contributed by atoms with Gasteiger partial charge >= 0.3 is 0 Å². The maximum Gasteiger partial charge on any atom is 0.258 e. The summed E-state index contributed by atoms with van der Waals surface area (Å²) in [5.41, 5.74) is 4.09. The summed E-state index contributed by atoms with van der Waals surface area (Å²) in [5.74, 6) is 1.25. The Morgan fingerprint density at radius 2 is 1.73 bits per heavy atom. The fourth-order valence-electron chi connectivity index (χ4n) is 4.90. The number of pyridine rings is 1. The second-order valence-corrected chi connectivity index (χ2v) is 8.56. The second kappa shape index (κ2) is 9.83. The fourth-order valence-corrected chi connectivity index (χ4v) is 4.90. The number of methoxy groups -OCH3 is 2. The van der Waals surface area contributed by atoms with Crippen molar-refractivity contribution < 1.29 is 9.47 Å². The number of fused-ring (bicyclic) bond motifs is 1. The summed E-state index contributed by atoms with van der Waals surface area (Å²) in [7, 11) is 3.20. The molecule has 0 unspecified atom stereocenters. The highest BCUT2D eigenvalue weighted by Crippen LogP contribution is 2.32. The topological polar surface area (TPSA) is 59.3 Å². The number of hydrogen-bond donors (Lipinski definition) is 0. The molecule has 7 heteroatoms. The Morgan fingerprint density at radius 3 is 2.36 bits per heavy atom. The van der Waals surface area contributed by atoms with Gasteiger partial charge in [0.05, 0.1) is 25.6 Å². The predicted octanol–water partition coefficient (Wildman–Crippen LogP) is 4.00. The van der Waals surface area contributed by atoms with Gasteiger partial charge < -0.3 is 19.3 Å². The van der Waals surface area contributed by atoms with Gasteiger partial charge in [-0.2, -0.15) is 0 Å². The molecule has 0 radical (unpaired) electrons. The summed E-state index contributed by atoms with van der Waals surface area (Å²) in [5, 5.41) is 0. The number of ether oxygens (including phenoxy) is 2. The van der Waals surface area contributed by atoms with Crippen LogP contribution in [0, 0.1) is 6.92 Å². The van der Waals surface area contributed by atoms with Crippen LogP contribution in [-0.4, -0.2) is 60.7 Å². The number of nitrogens with zero attached hydrogens (tertiary/aromatic N) is 4. The van der Waals surface area contributed by atoms with Crippen LogP contribution < -0.4 is 19.9 Å². The molecule has 7 nitrogen and oxygen atoms in total. The lowest BCUT2D eigenvalue weighted by atomic mass is 10.0. The quantitative estimate of drug-likeness (QED) is 0.542. The van der Waals surface area contributed by atoms with E-state index in [1.54, 1.807) is 24.7 Å². The second-order valence-electron chi connectivity index (χ2n) is 8.56. The summed E-state index contributed by atoms with van der Waals surface area (Å²) in [6.07, 6.45) is 4.22. The van der Waals surface area contributed by atoms with Crippen LogP contribution in [0.2, 0.25) is 0 Å². The van der Waals surface area contributed by atoms with Crippen molar-refractivity contribution in [2.75, 3.05) is 45.3 Å². The molecule has 0 saturated carbocycles.